The lowest BCUT2D eigenvalue weighted by molar-refractivity contribution is 0.0694. The maximum atomic E-state index is 6.14. The SMILES string of the molecule is CN=C(NCc1ccccc1-n1cccn1)NC1CC(C)(C)Oc2ccccc21. The molecule has 0 spiro atoms. The minimum Gasteiger partial charge on any atom is -0.487 e. The summed E-state index contributed by atoms with van der Waals surface area (Å²) in [6.45, 7) is 4.88. The summed E-state index contributed by atoms with van der Waals surface area (Å²) < 4.78 is 8.02. The minimum absolute atomic E-state index is 0.127. The fraction of sp³-hybridized carbons (Fsp3) is 0.304. The highest BCUT2D eigenvalue weighted by Gasteiger charge is 2.33. The van der Waals surface area contributed by atoms with Crippen LogP contribution in [0.1, 0.15) is 37.4 Å². The molecule has 4 rings (SSSR count). The van der Waals surface area contributed by atoms with E-state index in [4.69, 9.17) is 4.74 Å². The van der Waals surface area contributed by atoms with E-state index in [1.165, 1.54) is 0 Å². The molecule has 0 radical (unpaired) electrons. The van der Waals surface area contributed by atoms with E-state index in [1.807, 2.05) is 47.3 Å². The van der Waals surface area contributed by atoms with Crippen molar-refractivity contribution in [2.75, 3.05) is 7.05 Å². The van der Waals surface area contributed by atoms with Gasteiger partial charge in [0.2, 0.25) is 0 Å². The molecule has 0 bridgehead atoms. The molecule has 6 heteroatoms. The topological polar surface area (TPSA) is 63.5 Å². The van der Waals surface area contributed by atoms with Crippen molar-refractivity contribution < 1.29 is 4.74 Å². The van der Waals surface area contributed by atoms with Gasteiger partial charge in [0.1, 0.15) is 11.4 Å². The Labute approximate surface area is 171 Å². The van der Waals surface area contributed by atoms with Crippen LogP contribution < -0.4 is 15.4 Å². The molecule has 2 aromatic carbocycles. The Bertz CT molecular complexity index is 994. The van der Waals surface area contributed by atoms with Gasteiger partial charge in [0.05, 0.1) is 11.7 Å². The first kappa shape index (κ1) is 19.1. The van der Waals surface area contributed by atoms with Gasteiger partial charge in [0.25, 0.3) is 0 Å². The van der Waals surface area contributed by atoms with E-state index >= 15 is 0 Å². The third kappa shape index (κ3) is 4.26. The first-order valence-electron chi connectivity index (χ1n) is 9.89. The van der Waals surface area contributed by atoms with Gasteiger partial charge in [-0.05, 0) is 37.6 Å². The van der Waals surface area contributed by atoms with E-state index in [1.54, 1.807) is 13.2 Å². The van der Waals surface area contributed by atoms with E-state index < -0.39 is 0 Å². The molecule has 1 aromatic heterocycles. The average molecular weight is 390 g/mol. The number of rotatable bonds is 4. The molecule has 6 nitrogen and oxygen atoms in total. The summed E-state index contributed by atoms with van der Waals surface area (Å²) in [5, 5.41) is 11.4. The normalized spacial score (nSPS) is 17.9. The number of nitrogens with one attached hydrogen (secondary N) is 2. The van der Waals surface area contributed by atoms with Gasteiger partial charge in [0, 0.05) is 38.0 Å². The first-order valence-corrected chi connectivity index (χ1v) is 9.89. The zero-order chi connectivity index (χ0) is 20.3. The summed E-state index contributed by atoms with van der Waals surface area (Å²) >= 11 is 0. The highest BCUT2D eigenvalue weighted by atomic mass is 16.5. The highest BCUT2D eigenvalue weighted by Crippen LogP contribution is 2.39. The molecule has 1 unspecified atom stereocenters. The number of fused-ring (bicyclic) bond motifs is 1. The average Bonchev–Trinajstić information content (AvgIpc) is 3.25. The molecule has 1 aliphatic heterocycles. The van der Waals surface area contributed by atoms with Gasteiger partial charge in [-0.25, -0.2) is 4.68 Å². The standard InChI is InChI=1S/C23H27N5O/c1-23(2)15-19(18-10-5-7-12-21(18)29-23)27-22(24-3)25-16-17-9-4-6-11-20(17)28-14-8-13-26-28/h4-14,19H,15-16H2,1-3H3,(H2,24,25,27). The molecule has 1 aliphatic rings. The lowest BCUT2D eigenvalue weighted by Crippen LogP contribution is -2.45. The summed E-state index contributed by atoms with van der Waals surface area (Å²) in [6, 6.07) is 18.5. The number of guanidine groups is 1. The molecule has 3 aromatic rings. The molecule has 29 heavy (non-hydrogen) atoms. The van der Waals surface area contributed by atoms with Crippen molar-refractivity contribution in [2.45, 2.75) is 38.5 Å². The Kier molecular flexibility index (Phi) is 5.25. The van der Waals surface area contributed by atoms with Crippen LogP contribution in [0.15, 0.2) is 72.0 Å². The van der Waals surface area contributed by atoms with Crippen LogP contribution in [0.5, 0.6) is 5.75 Å². The first-order chi connectivity index (χ1) is 14.1. The fourth-order valence-electron chi connectivity index (χ4n) is 3.76. The van der Waals surface area contributed by atoms with Gasteiger partial charge in [-0.1, -0.05) is 36.4 Å². The zero-order valence-electron chi connectivity index (χ0n) is 17.1. The number of ether oxygens (including phenoxy) is 1. The molecule has 0 saturated heterocycles. The molecule has 0 saturated carbocycles. The summed E-state index contributed by atoms with van der Waals surface area (Å²) in [5.74, 6) is 1.69. The number of hydrogen-bond acceptors (Lipinski definition) is 3. The van der Waals surface area contributed by atoms with Gasteiger partial charge >= 0.3 is 0 Å². The number of benzene rings is 2. The number of hydrogen-bond donors (Lipinski definition) is 2. The predicted octanol–water partition coefficient (Wildman–Crippen LogP) is 3.84. The second-order valence-corrected chi connectivity index (χ2v) is 7.81. The summed E-state index contributed by atoms with van der Waals surface area (Å²) in [4.78, 5) is 4.44. The van der Waals surface area contributed by atoms with Crippen LogP contribution in [-0.2, 0) is 6.54 Å². The number of aromatic nitrogens is 2. The lowest BCUT2D eigenvalue weighted by atomic mass is 9.90. The van der Waals surface area contributed by atoms with Crippen LogP contribution in [0.25, 0.3) is 5.69 Å². The summed E-state index contributed by atoms with van der Waals surface area (Å²) in [6.07, 6.45) is 4.59. The van der Waals surface area contributed by atoms with Crippen molar-refractivity contribution in [1.82, 2.24) is 20.4 Å². The number of nitrogens with zero attached hydrogens (tertiary/aromatic N) is 3. The monoisotopic (exact) mass is 389 g/mol. The number of aliphatic imine (C=N–C) groups is 1. The highest BCUT2D eigenvalue weighted by molar-refractivity contribution is 5.80. The Morgan fingerprint density at radius 3 is 2.76 bits per heavy atom. The van der Waals surface area contributed by atoms with E-state index in [0.29, 0.717) is 6.54 Å². The summed E-state index contributed by atoms with van der Waals surface area (Å²) in [7, 11) is 1.80. The minimum atomic E-state index is -0.239. The third-order valence-electron chi connectivity index (χ3n) is 5.10. The maximum absolute atomic E-state index is 6.14. The quantitative estimate of drug-likeness (QED) is 0.526. The Hall–Kier alpha value is -3.28. The third-order valence-corrected chi connectivity index (χ3v) is 5.10. The van der Waals surface area contributed by atoms with Crippen LogP contribution >= 0.6 is 0 Å². The van der Waals surface area contributed by atoms with E-state index in [-0.39, 0.29) is 11.6 Å². The van der Waals surface area contributed by atoms with Crippen LogP contribution in [0.2, 0.25) is 0 Å². The molecule has 0 aliphatic carbocycles. The van der Waals surface area contributed by atoms with E-state index in [2.05, 4.69) is 52.8 Å². The molecule has 2 heterocycles. The second-order valence-electron chi connectivity index (χ2n) is 7.81. The summed E-state index contributed by atoms with van der Waals surface area (Å²) in [5.41, 5.74) is 3.12. The molecule has 0 fully saturated rings. The molecule has 2 N–H and O–H groups in total. The predicted molar refractivity (Wildman–Crippen MR) is 115 cm³/mol. The number of para-hydroxylation sites is 2. The molecule has 0 amide bonds. The van der Waals surface area contributed by atoms with Crippen molar-refractivity contribution >= 4 is 5.96 Å². The van der Waals surface area contributed by atoms with Crippen molar-refractivity contribution in [2.24, 2.45) is 4.99 Å². The van der Waals surface area contributed by atoms with Crippen LogP contribution in [0.4, 0.5) is 0 Å². The van der Waals surface area contributed by atoms with Gasteiger partial charge < -0.3 is 15.4 Å². The zero-order valence-corrected chi connectivity index (χ0v) is 17.1. The van der Waals surface area contributed by atoms with Crippen LogP contribution in [0.3, 0.4) is 0 Å². The lowest BCUT2D eigenvalue weighted by Gasteiger charge is -2.38. The van der Waals surface area contributed by atoms with Gasteiger partial charge in [-0.3, -0.25) is 4.99 Å². The Balaban J connectivity index is 1.49. The maximum Gasteiger partial charge on any atom is 0.191 e. The Morgan fingerprint density at radius 2 is 1.97 bits per heavy atom. The van der Waals surface area contributed by atoms with Crippen molar-refractivity contribution in [1.29, 1.82) is 0 Å². The molecular weight excluding hydrogens is 362 g/mol. The second kappa shape index (κ2) is 7.99. The largest absolute Gasteiger partial charge is 0.487 e. The smallest absolute Gasteiger partial charge is 0.191 e. The molecule has 1 atom stereocenters. The van der Waals surface area contributed by atoms with Gasteiger partial charge in [-0.2, -0.15) is 5.10 Å². The van der Waals surface area contributed by atoms with Crippen LogP contribution in [-0.4, -0.2) is 28.4 Å². The van der Waals surface area contributed by atoms with Crippen molar-refractivity contribution in [3.05, 3.63) is 78.1 Å². The van der Waals surface area contributed by atoms with Gasteiger partial charge in [-0.15, -0.1) is 0 Å². The van der Waals surface area contributed by atoms with Gasteiger partial charge in [0.15, 0.2) is 5.96 Å². The van der Waals surface area contributed by atoms with Crippen molar-refractivity contribution in [3.63, 3.8) is 0 Å². The molecule has 150 valence electrons. The van der Waals surface area contributed by atoms with E-state index in [0.717, 1.165) is 34.9 Å². The van der Waals surface area contributed by atoms with Crippen LogP contribution in [0, 0.1) is 0 Å². The Morgan fingerprint density at radius 1 is 1.17 bits per heavy atom. The fourth-order valence-corrected chi connectivity index (χ4v) is 3.76. The van der Waals surface area contributed by atoms with E-state index in [9.17, 15) is 0 Å². The molecular formula is C23H27N5O. The van der Waals surface area contributed by atoms with Crippen molar-refractivity contribution in [3.8, 4) is 11.4 Å².